The minimum absolute atomic E-state index is 0. The molecular weight excluding hydrogens is 352 g/mol. The maximum Gasteiger partial charge on any atom is -0.00249 e. The van der Waals surface area contributed by atoms with E-state index in [1.54, 1.807) is 0 Å². The molecule has 2 nitrogen and oxygen atoms in total. The van der Waals surface area contributed by atoms with Crippen molar-refractivity contribution in [2.75, 3.05) is 27.2 Å². The highest BCUT2D eigenvalue weighted by Crippen LogP contribution is 2.13. The second-order valence-electron chi connectivity index (χ2n) is 8.25. The van der Waals surface area contributed by atoms with E-state index < -0.39 is 0 Å². The quantitative estimate of drug-likeness (QED) is 0.220. The summed E-state index contributed by atoms with van der Waals surface area (Å²) in [5.74, 6) is 0. The van der Waals surface area contributed by atoms with Crippen LogP contribution in [0.4, 0.5) is 0 Å². The molecule has 2 N–H and O–H groups in total. The monoisotopic (exact) mass is 406 g/mol. The van der Waals surface area contributed by atoms with Crippen molar-refractivity contribution in [2.24, 2.45) is 5.73 Å². The number of unbranched alkanes of at least 4 members (excludes halogenated alkanes) is 16. The van der Waals surface area contributed by atoms with E-state index >= 15 is 0 Å². The number of nitrogens with two attached hydrogens (primary N) is 1. The summed E-state index contributed by atoms with van der Waals surface area (Å²) in [6.07, 6.45) is 25.5. The molecule has 0 fully saturated rings. The van der Waals surface area contributed by atoms with Crippen LogP contribution in [-0.2, 0) is 0 Å². The molecule has 0 rings (SSSR count). The molecule has 168 valence electrons. The van der Waals surface area contributed by atoms with Gasteiger partial charge >= 0.3 is 0 Å². The molecule has 0 spiro atoms. The zero-order valence-corrected chi connectivity index (χ0v) is 20.4. The van der Waals surface area contributed by atoms with Gasteiger partial charge in [0, 0.05) is 0 Å². The molecule has 0 bridgehead atoms. The van der Waals surface area contributed by atoms with Crippen LogP contribution < -0.4 is 5.73 Å². The Morgan fingerprint density at radius 1 is 0.481 bits per heavy atom. The van der Waals surface area contributed by atoms with Crippen molar-refractivity contribution in [3.05, 3.63) is 0 Å². The van der Waals surface area contributed by atoms with E-state index in [2.05, 4.69) is 32.8 Å². The second-order valence-corrected chi connectivity index (χ2v) is 8.25. The zero-order chi connectivity index (χ0) is 19.7. The number of halogens is 1. The molecule has 0 radical (unpaired) electrons. The first kappa shape index (κ1) is 31.9. The van der Waals surface area contributed by atoms with Crippen molar-refractivity contribution in [2.45, 2.75) is 129 Å². The molecule has 0 aliphatic rings. The molecule has 0 aliphatic heterocycles. The van der Waals surface area contributed by atoms with Gasteiger partial charge in [0.2, 0.25) is 0 Å². The van der Waals surface area contributed by atoms with Crippen LogP contribution in [0.15, 0.2) is 0 Å². The zero-order valence-electron chi connectivity index (χ0n) is 19.6. The van der Waals surface area contributed by atoms with E-state index in [1.807, 2.05) is 0 Å². The van der Waals surface area contributed by atoms with Crippen LogP contribution in [0.3, 0.4) is 0 Å². The summed E-state index contributed by atoms with van der Waals surface area (Å²) in [4.78, 5) is 2.21. The first-order valence-electron chi connectivity index (χ1n) is 12.0. The Morgan fingerprint density at radius 2 is 0.778 bits per heavy atom. The summed E-state index contributed by atoms with van der Waals surface area (Å²) in [5, 5.41) is 0. The van der Waals surface area contributed by atoms with Crippen LogP contribution >= 0.6 is 12.4 Å². The largest absolute Gasteiger partial charge is 0.330 e. The lowest BCUT2D eigenvalue weighted by Crippen LogP contribution is -2.12. The lowest BCUT2D eigenvalue weighted by atomic mass is 10.0. The van der Waals surface area contributed by atoms with E-state index in [4.69, 9.17) is 5.73 Å². The molecule has 0 aromatic rings. The summed E-state index contributed by atoms with van der Waals surface area (Å²) in [6.45, 7) is 6.61. The highest BCUT2D eigenvalue weighted by atomic mass is 35.5. The minimum atomic E-state index is 0. The van der Waals surface area contributed by atoms with Gasteiger partial charge in [-0.15, -0.1) is 12.4 Å². The molecule has 0 aromatic carbocycles. The number of hydrogen-bond donors (Lipinski definition) is 1. The lowest BCUT2D eigenvalue weighted by molar-refractivity contribution is 0.398. The molecule has 0 aliphatic carbocycles. The molecule has 0 saturated carbocycles. The minimum Gasteiger partial charge on any atom is -0.330 e. The van der Waals surface area contributed by atoms with Crippen molar-refractivity contribution in [3.63, 3.8) is 0 Å². The summed E-state index contributed by atoms with van der Waals surface area (Å²) in [6, 6.07) is 0. The van der Waals surface area contributed by atoms with E-state index in [9.17, 15) is 0 Å². The second kappa shape index (κ2) is 30.9. The van der Waals surface area contributed by atoms with E-state index in [0.29, 0.717) is 0 Å². The van der Waals surface area contributed by atoms with Gasteiger partial charge < -0.3 is 10.6 Å². The van der Waals surface area contributed by atoms with Crippen molar-refractivity contribution in [3.8, 4) is 0 Å². The molecule has 0 saturated heterocycles. The Kier molecular flexibility index (Phi) is 36.5. The smallest absolute Gasteiger partial charge is 0.00249 e. The van der Waals surface area contributed by atoms with Crippen molar-refractivity contribution in [1.82, 2.24) is 4.90 Å². The summed E-state index contributed by atoms with van der Waals surface area (Å²) < 4.78 is 0. The summed E-state index contributed by atoms with van der Waals surface area (Å²) >= 11 is 0. The third kappa shape index (κ3) is 37.6. The predicted molar refractivity (Wildman–Crippen MR) is 129 cm³/mol. The highest BCUT2D eigenvalue weighted by Gasteiger charge is 1.94. The van der Waals surface area contributed by atoms with E-state index in [1.165, 1.54) is 122 Å². The Hall–Kier alpha value is 0.210. The summed E-state index contributed by atoms with van der Waals surface area (Å²) in [7, 11) is 4.21. The van der Waals surface area contributed by atoms with E-state index in [0.717, 1.165) is 6.54 Å². The fourth-order valence-electron chi connectivity index (χ4n) is 3.17. The van der Waals surface area contributed by atoms with Gasteiger partial charge in [0.1, 0.15) is 0 Å². The maximum atomic E-state index is 5.48. The Labute approximate surface area is 179 Å². The van der Waals surface area contributed by atoms with Crippen LogP contribution in [0.25, 0.3) is 0 Å². The van der Waals surface area contributed by atoms with Crippen LogP contribution in [0, 0.1) is 0 Å². The average Bonchev–Trinajstić information content (AvgIpc) is 2.63. The molecule has 0 unspecified atom stereocenters. The van der Waals surface area contributed by atoms with Gasteiger partial charge in [-0.2, -0.15) is 0 Å². The first-order valence-corrected chi connectivity index (χ1v) is 12.0. The third-order valence-electron chi connectivity index (χ3n) is 5.02. The topological polar surface area (TPSA) is 29.3 Å². The predicted octanol–water partition coefficient (Wildman–Crippen LogP) is 7.98. The fourth-order valence-corrected chi connectivity index (χ4v) is 3.17. The van der Waals surface area contributed by atoms with Crippen molar-refractivity contribution >= 4 is 12.4 Å². The highest BCUT2D eigenvalue weighted by molar-refractivity contribution is 5.85. The van der Waals surface area contributed by atoms with Gasteiger partial charge in [0.15, 0.2) is 0 Å². The Balaban J connectivity index is -0.000000612. The number of hydrogen-bond acceptors (Lipinski definition) is 2. The lowest BCUT2D eigenvalue weighted by Gasteiger charge is -2.05. The van der Waals surface area contributed by atoms with E-state index in [-0.39, 0.29) is 12.4 Å². The number of nitrogens with zero attached hydrogens (tertiary/aromatic N) is 1. The molecule has 3 heteroatoms. The Bertz CT molecular complexity index is 206. The van der Waals surface area contributed by atoms with Crippen LogP contribution in [0.5, 0.6) is 0 Å². The summed E-state index contributed by atoms with van der Waals surface area (Å²) in [5.41, 5.74) is 5.48. The normalized spacial score (nSPS) is 10.4. The van der Waals surface area contributed by atoms with Crippen LogP contribution in [-0.4, -0.2) is 32.1 Å². The SMILES string of the molecule is CCCCCCCCCCCCCCCCCCN.CCCCN(C)C.Cl. The molecule has 0 atom stereocenters. The maximum absolute atomic E-state index is 5.48. The van der Waals surface area contributed by atoms with Crippen LogP contribution in [0.1, 0.15) is 129 Å². The van der Waals surface area contributed by atoms with Gasteiger partial charge in [-0.3, -0.25) is 0 Å². The van der Waals surface area contributed by atoms with Gasteiger partial charge in [0.25, 0.3) is 0 Å². The van der Waals surface area contributed by atoms with Gasteiger partial charge in [-0.25, -0.2) is 0 Å². The average molecular weight is 407 g/mol. The molecule has 27 heavy (non-hydrogen) atoms. The Morgan fingerprint density at radius 3 is 1.00 bits per heavy atom. The third-order valence-corrected chi connectivity index (χ3v) is 5.02. The molecule has 0 heterocycles. The van der Waals surface area contributed by atoms with Gasteiger partial charge in [0.05, 0.1) is 0 Å². The molecule has 0 aromatic heterocycles. The van der Waals surface area contributed by atoms with Crippen LogP contribution in [0.2, 0.25) is 0 Å². The number of rotatable bonds is 19. The fraction of sp³-hybridized carbons (Fsp3) is 1.00. The molecular formula is C24H55ClN2. The molecule has 0 amide bonds. The van der Waals surface area contributed by atoms with Gasteiger partial charge in [-0.1, -0.05) is 117 Å². The standard InChI is InChI=1S/C18H39N.C6H15N.ClH/c1-2-3-4-5-6-7-8-9-10-11-12-13-14-15-16-17-18-19;1-4-5-6-7(2)3;/h2-19H2,1H3;4-6H2,1-3H3;1H. The van der Waals surface area contributed by atoms with Crippen molar-refractivity contribution < 1.29 is 0 Å². The first-order chi connectivity index (χ1) is 12.7. The van der Waals surface area contributed by atoms with Crippen molar-refractivity contribution in [1.29, 1.82) is 0 Å². The van der Waals surface area contributed by atoms with Gasteiger partial charge in [-0.05, 0) is 40.0 Å².